The van der Waals surface area contributed by atoms with Crippen LogP contribution in [0.2, 0.25) is 0 Å². The lowest BCUT2D eigenvalue weighted by Gasteiger charge is -2.16. The predicted molar refractivity (Wildman–Crippen MR) is 151 cm³/mol. The molecule has 5 heterocycles. The number of nitrogens with zero attached hydrogens (tertiary/aromatic N) is 5. The average molecular weight is 539 g/mol. The van der Waals surface area contributed by atoms with Gasteiger partial charge in [-0.15, -0.1) is 0 Å². The average Bonchev–Trinajstić information content (AvgIpc) is 3.56. The lowest BCUT2D eigenvalue weighted by molar-refractivity contribution is 0.176. The summed E-state index contributed by atoms with van der Waals surface area (Å²) in [5.74, 6) is 0.865. The van der Waals surface area contributed by atoms with Gasteiger partial charge in [-0.25, -0.2) is 14.4 Å². The maximum Gasteiger partial charge on any atom is 0.160 e. The highest BCUT2D eigenvalue weighted by molar-refractivity contribution is 5.96. The number of rotatable bonds is 8. The topological polar surface area (TPSA) is 138 Å². The van der Waals surface area contributed by atoms with Gasteiger partial charge in [0, 0.05) is 35.0 Å². The summed E-state index contributed by atoms with van der Waals surface area (Å²) in [6.45, 7) is 4.11. The van der Waals surface area contributed by atoms with Crippen LogP contribution in [0.4, 0.5) is 10.1 Å². The third-order valence-corrected chi connectivity index (χ3v) is 6.54. The van der Waals surface area contributed by atoms with E-state index < -0.39 is 12.0 Å². The number of aliphatic hydroxyl groups is 1. The number of nitrogens with one attached hydrogen (secondary N) is 3. The summed E-state index contributed by atoms with van der Waals surface area (Å²) in [4.78, 5) is 21.4. The molecular weight excluding hydrogens is 511 g/mol. The quantitative estimate of drug-likeness (QED) is 0.185. The Balaban J connectivity index is 1.38. The van der Waals surface area contributed by atoms with Crippen molar-refractivity contribution >= 4 is 27.8 Å². The Morgan fingerprint density at radius 2 is 1.93 bits per heavy atom. The fourth-order valence-corrected chi connectivity index (χ4v) is 4.70. The number of anilines is 1. The van der Waals surface area contributed by atoms with Crippen LogP contribution in [0, 0.1) is 11.7 Å². The van der Waals surface area contributed by atoms with Gasteiger partial charge in [0.15, 0.2) is 11.5 Å². The van der Waals surface area contributed by atoms with Crippen molar-refractivity contribution in [1.82, 2.24) is 35.1 Å². The number of benzene rings is 1. The number of aromatic nitrogens is 7. The van der Waals surface area contributed by atoms with Gasteiger partial charge in [0.05, 0.1) is 36.4 Å². The van der Waals surface area contributed by atoms with Crippen molar-refractivity contribution in [2.75, 3.05) is 12.4 Å². The molecule has 0 bridgehead atoms. The maximum atomic E-state index is 14.3. The molecule has 0 spiro atoms. The fraction of sp³-hybridized carbons (Fsp3) is 0.207. The first-order valence-corrected chi connectivity index (χ1v) is 12.8. The second-order valence-corrected chi connectivity index (χ2v) is 9.96. The first kappa shape index (κ1) is 25.4. The number of H-pyrrole nitrogens is 2. The summed E-state index contributed by atoms with van der Waals surface area (Å²) in [7, 11) is 1.50. The van der Waals surface area contributed by atoms with Crippen LogP contribution in [0.1, 0.15) is 20.3 Å². The molecule has 0 saturated heterocycles. The molecule has 10 nitrogen and oxygen atoms in total. The van der Waals surface area contributed by atoms with Gasteiger partial charge < -0.3 is 20.1 Å². The lowest BCUT2D eigenvalue weighted by atomic mass is 10.1. The number of aliphatic hydroxyl groups excluding tert-OH is 1. The second kappa shape index (κ2) is 10.3. The van der Waals surface area contributed by atoms with Gasteiger partial charge in [0.1, 0.15) is 29.0 Å². The Morgan fingerprint density at radius 1 is 1.05 bits per heavy atom. The fourth-order valence-electron chi connectivity index (χ4n) is 4.70. The van der Waals surface area contributed by atoms with Gasteiger partial charge in [-0.05, 0) is 48.2 Å². The van der Waals surface area contributed by atoms with Crippen LogP contribution in [0.25, 0.3) is 56.0 Å². The Labute approximate surface area is 228 Å². The zero-order valence-electron chi connectivity index (χ0n) is 22.1. The molecular formula is C29H27FN8O2. The van der Waals surface area contributed by atoms with E-state index in [1.807, 2.05) is 12.1 Å². The number of halogens is 1. The molecule has 0 amide bonds. The molecule has 6 aromatic rings. The molecule has 1 aromatic carbocycles. The SMILES string of the molecule is COc1cc(F)cc(-c2ccnc3[nH]c(-c4n[nH]c5cnc(-c6cncc(NC(O)CC(C)C)c6)cc45)nc23)c1. The van der Waals surface area contributed by atoms with Crippen LogP contribution in [-0.4, -0.2) is 53.6 Å². The van der Waals surface area contributed by atoms with E-state index in [0.29, 0.717) is 63.3 Å². The van der Waals surface area contributed by atoms with Gasteiger partial charge >= 0.3 is 0 Å². The molecule has 0 fully saturated rings. The van der Waals surface area contributed by atoms with E-state index >= 15 is 0 Å². The Hall–Kier alpha value is -4.90. The van der Waals surface area contributed by atoms with Gasteiger partial charge in [0.2, 0.25) is 0 Å². The van der Waals surface area contributed by atoms with Gasteiger partial charge in [-0.1, -0.05) is 13.8 Å². The van der Waals surface area contributed by atoms with Crippen LogP contribution < -0.4 is 10.1 Å². The number of imidazole rings is 1. The van der Waals surface area contributed by atoms with E-state index in [4.69, 9.17) is 9.72 Å². The van der Waals surface area contributed by atoms with Gasteiger partial charge in [0.25, 0.3) is 0 Å². The number of ether oxygens (including phenoxy) is 1. The summed E-state index contributed by atoms with van der Waals surface area (Å²) in [5.41, 5.74) is 5.96. The number of fused-ring (bicyclic) bond motifs is 2. The standard InChI is InChI=1S/C29H27FN8O2/c1-15(2)6-25(39)34-19-8-17(12-31-13-19)23-11-22-24(14-33-23)37-38-27(22)29-35-26-21(4-5-32-28(26)36-29)16-7-18(30)10-20(9-16)40-3/h4-5,7-15,25,34,39H,6H2,1-3H3,(H,37,38)(H,32,35,36). The van der Waals surface area contributed by atoms with Crippen molar-refractivity contribution in [3.8, 4) is 39.7 Å². The van der Waals surface area contributed by atoms with Gasteiger partial charge in [-0.3, -0.25) is 15.1 Å². The molecule has 6 rings (SSSR count). The van der Waals surface area contributed by atoms with Crippen molar-refractivity contribution < 1.29 is 14.2 Å². The highest BCUT2D eigenvalue weighted by Gasteiger charge is 2.18. The van der Waals surface area contributed by atoms with Crippen molar-refractivity contribution in [3.63, 3.8) is 0 Å². The van der Waals surface area contributed by atoms with E-state index in [1.165, 1.54) is 19.2 Å². The number of methoxy groups -OCH3 is 1. The summed E-state index contributed by atoms with van der Waals surface area (Å²) in [6, 6.07) is 10.1. The molecule has 0 aliphatic heterocycles. The molecule has 0 aliphatic carbocycles. The normalized spacial score (nSPS) is 12.3. The zero-order valence-corrected chi connectivity index (χ0v) is 22.1. The summed E-state index contributed by atoms with van der Waals surface area (Å²) >= 11 is 0. The highest BCUT2D eigenvalue weighted by atomic mass is 19.1. The minimum absolute atomic E-state index is 0.350. The molecule has 4 N–H and O–H groups in total. The number of aromatic amines is 2. The molecule has 0 aliphatic rings. The van der Waals surface area contributed by atoms with E-state index in [-0.39, 0.29) is 0 Å². The Bertz CT molecular complexity index is 1830. The summed E-state index contributed by atoms with van der Waals surface area (Å²) in [5, 5.41) is 21.7. The molecule has 11 heteroatoms. The van der Waals surface area contributed by atoms with E-state index in [9.17, 15) is 9.50 Å². The number of hydrogen-bond donors (Lipinski definition) is 4. The van der Waals surface area contributed by atoms with Crippen LogP contribution >= 0.6 is 0 Å². The number of hydrogen-bond acceptors (Lipinski definition) is 8. The van der Waals surface area contributed by atoms with Crippen molar-refractivity contribution in [3.05, 3.63) is 67.0 Å². The Morgan fingerprint density at radius 3 is 2.75 bits per heavy atom. The van der Waals surface area contributed by atoms with Gasteiger partial charge in [-0.2, -0.15) is 5.10 Å². The van der Waals surface area contributed by atoms with Crippen LogP contribution in [-0.2, 0) is 0 Å². The second-order valence-electron chi connectivity index (χ2n) is 9.96. The van der Waals surface area contributed by atoms with Crippen molar-refractivity contribution in [1.29, 1.82) is 0 Å². The smallest absolute Gasteiger partial charge is 0.160 e. The third-order valence-electron chi connectivity index (χ3n) is 6.54. The van der Waals surface area contributed by atoms with Crippen LogP contribution in [0.3, 0.4) is 0 Å². The maximum absolute atomic E-state index is 14.3. The summed E-state index contributed by atoms with van der Waals surface area (Å²) in [6.07, 6.45) is 6.69. The first-order chi connectivity index (χ1) is 19.4. The molecule has 1 unspecified atom stereocenters. The van der Waals surface area contributed by atoms with Crippen LogP contribution in [0.5, 0.6) is 5.75 Å². The van der Waals surface area contributed by atoms with Crippen LogP contribution in [0.15, 0.2) is 61.2 Å². The lowest BCUT2D eigenvalue weighted by Crippen LogP contribution is -2.20. The molecule has 202 valence electrons. The van der Waals surface area contributed by atoms with E-state index in [1.54, 1.807) is 36.9 Å². The molecule has 0 radical (unpaired) electrons. The number of pyridine rings is 3. The minimum Gasteiger partial charge on any atom is -0.497 e. The molecule has 5 aromatic heterocycles. The molecule has 40 heavy (non-hydrogen) atoms. The monoisotopic (exact) mass is 538 g/mol. The molecule has 0 saturated carbocycles. The minimum atomic E-state index is -0.673. The first-order valence-electron chi connectivity index (χ1n) is 12.8. The summed E-state index contributed by atoms with van der Waals surface area (Å²) < 4.78 is 19.5. The Kier molecular flexibility index (Phi) is 6.56. The van der Waals surface area contributed by atoms with Crippen molar-refractivity contribution in [2.45, 2.75) is 26.5 Å². The van der Waals surface area contributed by atoms with E-state index in [2.05, 4.69) is 49.3 Å². The predicted octanol–water partition coefficient (Wildman–Crippen LogP) is 5.55. The highest BCUT2D eigenvalue weighted by Crippen LogP contribution is 2.33. The molecule has 1 atom stereocenters. The largest absolute Gasteiger partial charge is 0.497 e. The van der Waals surface area contributed by atoms with Crippen molar-refractivity contribution in [2.24, 2.45) is 5.92 Å². The zero-order chi connectivity index (χ0) is 27.8. The van der Waals surface area contributed by atoms with E-state index in [0.717, 1.165) is 16.5 Å². The third kappa shape index (κ3) is 4.94.